The lowest BCUT2D eigenvalue weighted by Crippen LogP contribution is -2.10. The second-order valence-electron chi connectivity index (χ2n) is 8.68. The molecule has 2 heterocycles. The number of nitrogens with zero attached hydrogens (tertiary/aromatic N) is 4. The maximum Gasteiger partial charge on any atom is 0.191 e. The molecule has 0 atom stereocenters. The van der Waals surface area contributed by atoms with Gasteiger partial charge in [0.1, 0.15) is 5.75 Å². The predicted molar refractivity (Wildman–Crippen MR) is 129 cm³/mol. The smallest absolute Gasteiger partial charge is 0.191 e. The van der Waals surface area contributed by atoms with Gasteiger partial charge in [-0.1, -0.05) is 62.9 Å². The van der Waals surface area contributed by atoms with Gasteiger partial charge in [0.2, 0.25) is 0 Å². The van der Waals surface area contributed by atoms with Gasteiger partial charge in [0.25, 0.3) is 0 Å². The average Bonchev–Trinajstić information content (AvgIpc) is 3.31. The Kier molecular flexibility index (Phi) is 6.10. The van der Waals surface area contributed by atoms with Crippen LogP contribution in [-0.4, -0.2) is 31.7 Å². The first-order chi connectivity index (χ1) is 14.9. The molecule has 162 valence electrons. The van der Waals surface area contributed by atoms with Crippen LogP contribution in [0.25, 0.3) is 22.3 Å². The fourth-order valence-electron chi connectivity index (χ4n) is 3.71. The Morgan fingerprint density at radius 2 is 1.74 bits per heavy atom. The van der Waals surface area contributed by atoms with Gasteiger partial charge < -0.3 is 13.9 Å². The molecule has 0 spiro atoms. The molecule has 0 saturated carbocycles. The Hall–Kier alpha value is -2.73. The van der Waals surface area contributed by atoms with E-state index >= 15 is 0 Å². The molecule has 0 unspecified atom stereocenters. The summed E-state index contributed by atoms with van der Waals surface area (Å²) in [4.78, 5) is 0. The Morgan fingerprint density at radius 1 is 1.00 bits per heavy atom. The minimum atomic E-state index is 0.153. The molecule has 0 amide bonds. The number of hydrogen-bond donors (Lipinski definition) is 0. The van der Waals surface area contributed by atoms with Gasteiger partial charge in [-0.25, -0.2) is 0 Å². The molecule has 5 nitrogen and oxygen atoms in total. The van der Waals surface area contributed by atoms with E-state index in [1.54, 1.807) is 11.8 Å². The third-order valence-corrected chi connectivity index (χ3v) is 6.49. The van der Waals surface area contributed by atoms with Gasteiger partial charge in [-0.05, 0) is 36.1 Å². The van der Waals surface area contributed by atoms with E-state index in [0.717, 1.165) is 34.6 Å². The first kappa shape index (κ1) is 21.5. The third kappa shape index (κ3) is 4.49. The summed E-state index contributed by atoms with van der Waals surface area (Å²) in [6.07, 6.45) is 2.17. The molecular weight excluding hydrogens is 404 g/mol. The third-order valence-electron chi connectivity index (χ3n) is 5.51. The minimum absolute atomic E-state index is 0.153. The monoisotopic (exact) mass is 434 g/mol. The van der Waals surface area contributed by atoms with E-state index < -0.39 is 0 Å². The number of aromatic nitrogens is 4. The van der Waals surface area contributed by atoms with Crippen LogP contribution >= 0.6 is 11.8 Å². The van der Waals surface area contributed by atoms with Crippen molar-refractivity contribution in [2.75, 3.05) is 12.4 Å². The largest absolute Gasteiger partial charge is 0.493 e. The standard InChI is InChI=1S/C25H30N4OS/c1-6-29-17-21(20-9-7-8-10-22(20)29)23-26-27-24(28(23)5)31-16-15-30-19-13-11-18(12-14-19)25(2,3)4/h7-14,17H,6,15-16H2,1-5H3. The van der Waals surface area contributed by atoms with Crippen LogP contribution in [-0.2, 0) is 19.0 Å². The van der Waals surface area contributed by atoms with Crippen LogP contribution in [0.3, 0.4) is 0 Å². The molecule has 2 aromatic carbocycles. The number of hydrogen-bond acceptors (Lipinski definition) is 4. The highest BCUT2D eigenvalue weighted by atomic mass is 32.2. The molecule has 0 fully saturated rings. The summed E-state index contributed by atoms with van der Waals surface area (Å²) in [6, 6.07) is 16.8. The Morgan fingerprint density at radius 3 is 2.45 bits per heavy atom. The van der Waals surface area contributed by atoms with Gasteiger partial charge >= 0.3 is 0 Å². The predicted octanol–water partition coefficient (Wildman–Crippen LogP) is 5.93. The van der Waals surface area contributed by atoms with Crippen molar-refractivity contribution in [1.29, 1.82) is 0 Å². The first-order valence-corrected chi connectivity index (χ1v) is 11.7. The van der Waals surface area contributed by atoms with Crippen molar-refractivity contribution in [2.45, 2.75) is 44.8 Å². The van der Waals surface area contributed by atoms with Crippen LogP contribution < -0.4 is 4.74 Å². The Labute approximate surface area is 188 Å². The summed E-state index contributed by atoms with van der Waals surface area (Å²) in [5.74, 6) is 2.60. The quantitative estimate of drug-likeness (QED) is 0.267. The summed E-state index contributed by atoms with van der Waals surface area (Å²) in [5, 5.41) is 11.0. The molecule has 0 radical (unpaired) electrons. The molecule has 0 aliphatic rings. The molecule has 0 bridgehead atoms. The van der Waals surface area contributed by atoms with Crippen molar-refractivity contribution >= 4 is 22.7 Å². The van der Waals surface area contributed by atoms with Gasteiger partial charge in [-0.2, -0.15) is 0 Å². The maximum absolute atomic E-state index is 5.92. The van der Waals surface area contributed by atoms with E-state index in [9.17, 15) is 0 Å². The fourth-order valence-corrected chi connectivity index (χ4v) is 4.43. The van der Waals surface area contributed by atoms with Crippen molar-refractivity contribution in [3.63, 3.8) is 0 Å². The highest BCUT2D eigenvalue weighted by molar-refractivity contribution is 7.99. The summed E-state index contributed by atoms with van der Waals surface area (Å²) < 4.78 is 10.2. The van der Waals surface area contributed by atoms with Gasteiger partial charge in [-0.15, -0.1) is 10.2 Å². The van der Waals surface area contributed by atoms with Crippen molar-refractivity contribution < 1.29 is 4.74 Å². The second kappa shape index (κ2) is 8.79. The molecule has 0 N–H and O–H groups in total. The van der Waals surface area contributed by atoms with E-state index in [4.69, 9.17) is 4.74 Å². The lowest BCUT2D eigenvalue weighted by atomic mass is 9.87. The zero-order valence-corrected chi connectivity index (χ0v) is 19.7. The number of rotatable bonds is 7. The van der Waals surface area contributed by atoms with Gasteiger partial charge in [0.05, 0.1) is 6.61 Å². The molecule has 2 aromatic heterocycles. The van der Waals surface area contributed by atoms with Gasteiger partial charge in [-0.3, -0.25) is 0 Å². The Balaban J connectivity index is 1.41. The number of aryl methyl sites for hydroxylation is 1. The highest BCUT2D eigenvalue weighted by Gasteiger charge is 2.17. The number of fused-ring (bicyclic) bond motifs is 1. The molecule has 4 rings (SSSR count). The van der Waals surface area contributed by atoms with E-state index in [2.05, 4.69) is 102 Å². The van der Waals surface area contributed by atoms with E-state index in [-0.39, 0.29) is 5.41 Å². The summed E-state index contributed by atoms with van der Waals surface area (Å²) >= 11 is 1.66. The van der Waals surface area contributed by atoms with Gasteiger partial charge in [0.15, 0.2) is 11.0 Å². The SMILES string of the molecule is CCn1cc(-c2nnc(SCCOc3ccc(C(C)(C)C)cc3)n2C)c2ccccc21. The zero-order valence-electron chi connectivity index (χ0n) is 18.9. The maximum atomic E-state index is 5.92. The highest BCUT2D eigenvalue weighted by Crippen LogP contribution is 2.31. The van der Waals surface area contributed by atoms with Crippen LogP contribution in [0.5, 0.6) is 5.75 Å². The van der Waals surface area contributed by atoms with Crippen molar-refractivity contribution in [3.8, 4) is 17.1 Å². The normalized spacial score (nSPS) is 11.9. The summed E-state index contributed by atoms with van der Waals surface area (Å²) in [7, 11) is 2.03. The van der Waals surface area contributed by atoms with E-state index in [1.165, 1.54) is 16.5 Å². The van der Waals surface area contributed by atoms with Crippen LogP contribution in [0.1, 0.15) is 33.3 Å². The summed E-state index contributed by atoms with van der Waals surface area (Å²) in [6.45, 7) is 10.4. The van der Waals surface area contributed by atoms with Crippen molar-refractivity contribution in [3.05, 3.63) is 60.3 Å². The summed E-state index contributed by atoms with van der Waals surface area (Å²) in [5.41, 5.74) is 3.81. The first-order valence-electron chi connectivity index (χ1n) is 10.7. The number of para-hydroxylation sites is 1. The molecule has 0 aliphatic heterocycles. The van der Waals surface area contributed by atoms with Crippen LogP contribution in [0.4, 0.5) is 0 Å². The second-order valence-corrected chi connectivity index (χ2v) is 9.74. The topological polar surface area (TPSA) is 44.9 Å². The van der Waals surface area contributed by atoms with Crippen molar-refractivity contribution in [2.24, 2.45) is 7.05 Å². The van der Waals surface area contributed by atoms with Crippen LogP contribution in [0.15, 0.2) is 59.9 Å². The lowest BCUT2D eigenvalue weighted by molar-refractivity contribution is 0.343. The van der Waals surface area contributed by atoms with Crippen LogP contribution in [0, 0.1) is 0 Å². The van der Waals surface area contributed by atoms with E-state index in [0.29, 0.717) is 6.61 Å². The molecule has 4 aromatic rings. The van der Waals surface area contributed by atoms with E-state index in [1.807, 2.05) is 7.05 Å². The number of thioether (sulfide) groups is 1. The molecule has 0 aliphatic carbocycles. The lowest BCUT2D eigenvalue weighted by Gasteiger charge is -2.19. The van der Waals surface area contributed by atoms with Gasteiger partial charge in [0, 0.05) is 42.0 Å². The number of ether oxygens (including phenoxy) is 1. The Bertz CT molecular complexity index is 1170. The minimum Gasteiger partial charge on any atom is -0.493 e. The molecule has 6 heteroatoms. The molecule has 0 saturated heterocycles. The van der Waals surface area contributed by atoms with Crippen LogP contribution in [0.2, 0.25) is 0 Å². The molecular formula is C25H30N4OS. The van der Waals surface area contributed by atoms with Crippen molar-refractivity contribution in [1.82, 2.24) is 19.3 Å². The fraction of sp³-hybridized carbons (Fsp3) is 0.360. The molecule has 31 heavy (non-hydrogen) atoms. The number of benzene rings is 2. The zero-order chi connectivity index (χ0) is 22.0. The average molecular weight is 435 g/mol.